The lowest BCUT2D eigenvalue weighted by molar-refractivity contribution is -0.148. The molecule has 1 aromatic carbocycles. The number of carbonyl (C=O) groups excluding carboxylic acids is 2. The standard InChI is InChI=1S/C11H14N2O4/c1-7(14)13-10(11(16)17-12)6-8-2-4-9(15)5-3-8/h2-5,10,15H,6,12H2,1H3,(H,13,14). The minimum atomic E-state index is -0.831. The zero-order chi connectivity index (χ0) is 12.8. The van der Waals surface area contributed by atoms with Gasteiger partial charge in [-0.1, -0.05) is 12.1 Å². The van der Waals surface area contributed by atoms with Crippen molar-refractivity contribution in [2.24, 2.45) is 5.90 Å². The molecule has 1 aromatic rings. The number of hydrogen-bond acceptors (Lipinski definition) is 5. The van der Waals surface area contributed by atoms with Crippen LogP contribution in [0.25, 0.3) is 0 Å². The van der Waals surface area contributed by atoms with Gasteiger partial charge in [0.05, 0.1) is 0 Å². The molecule has 0 saturated carbocycles. The number of nitrogens with one attached hydrogen (secondary N) is 1. The van der Waals surface area contributed by atoms with Gasteiger partial charge in [-0.3, -0.25) is 4.79 Å². The van der Waals surface area contributed by atoms with E-state index in [0.717, 1.165) is 5.56 Å². The Labute approximate surface area is 98.3 Å². The number of hydrogen-bond donors (Lipinski definition) is 3. The molecule has 1 amide bonds. The summed E-state index contributed by atoms with van der Waals surface area (Å²) in [7, 11) is 0. The Bertz CT molecular complexity index is 402. The van der Waals surface area contributed by atoms with E-state index in [1.807, 2.05) is 0 Å². The molecule has 6 heteroatoms. The smallest absolute Gasteiger partial charge is 0.347 e. The highest BCUT2D eigenvalue weighted by molar-refractivity contribution is 5.83. The molecule has 0 spiro atoms. The second kappa shape index (κ2) is 5.86. The van der Waals surface area contributed by atoms with E-state index in [1.54, 1.807) is 12.1 Å². The second-order valence-corrected chi connectivity index (χ2v) is 3.56. The van der Waals surface area contributed by atoms with Gasteiger partial charge in [0, 0.05) is 13.3 Å². The molecule has 6 nitrogen and oxygen atoms in total. The van der Waals surface area contributed by atoms with Crippen molar-refractivity contribution in [3.05, 3.63) is 29.8 Å². The van der Waals surface area contributed by atoms with Crippen molar-refractivity contribution < 1.29 is 19.5 Å². The Morgan fingerprint density at radius 3 is 2.47 bits per heavy atom. The Morgan fingerprint density at radius 2 is 2.00 bits per heavy atom. The first-order chi connectivity index (χ1) is 8.02. The van der Waals surface area contributed by atoms with Crippen molar-refractivity contribution in [3.63, 3.8) is 0 Å². The highest BCUT2D eigenvalue weighted by Crippen LogP contribution is 2.11. The fraction of sp³-hybridized carbons (Fsp3) is 0.273. The van der Waals surface area contributed by atoms with Gasteiger partial charge in [0.15, 0.2) is 0 Å². The number of amides is 1. The molecule has 0 fully saturated rings. The van der Waals surface area contributed by atoms with Crippen LogP contribution < -0.4 is 11.2 Å². The van der Waals surface area contributed by atoms with Gasteiger partial charge in [-0.05, 0) is 17.7 Å². The number of carbonyl (C=O) groups is 2. The lowest BCUT2D eigenvalue weighted by Crippen LogP contribution is -2.43. The van der Waals surface area contributed by atoms with Crippen LogP contribution in [-0.4, -0.2) is 23.0 Å². The molecular formula is C11H14N2O4. The summed E-state index contributed by atoms with van der Waals surface area (Å²) in [5.41, 5.74) is 0.770. The van der Waals surface area contributed by atoms with E-state index in [2.05, 4.69) is 10.2 Å². The number of aromatic hydroxyl groups is 1. The average Bonchev–Trinajstić information content (AvgIpc) is 2.29. The van der Waals surface area contributed by atoms with Crippen molar-refractivity contribution in [1.29, 1.82) is 0 Å². The summed E-state index contributed by atoms with van der Waals surface area (Å²) in [5, 5.41) is 11.5. The van der Waals surface area contributed by atoms with Crippen molar-refractivity contribution in [1.82, 2.24) is 5.32 Å². The van der Waals surface area contributed by atoms with E-state index in [0.29, 0.717) is 0 Å². The van der Waals surface area contributed by atoms with Gasteiger partial charge in [0.2, 0.25) is 5.91 Å². The molecule has 0 aromatic heterocycles. The van der Waals surface area contributed by atoms with E-state index in [4.69, 9.17) is 11.0 Å². The molecule has 1 unspecified atom stereocenters. The first-order valence-corrected chi connectivity index (χ1v) is 4.98. The summed E-state index contributed by atoms with van der Waals surface area (Å²) < 4.78 is 0. The Morgan fingerprint density at radius 1 is 1.41 bits per heavy atom. The summed E-state index contributed by atoms with van der Waals surface area (Å²) in [4.78, 5) is 26.3. The number of benzene rings is 1. The number of phenolic OH excluding ortho intramolecular Hbond substituents is 1. The summed E-state index contributed by atoms with van der Waals surface area (Å²) in [6.45, 7) is 1.30. The molecular weight excluding hydrogens is 224 g/mol. The van der Waals surface area contributed by atoms with Crippen LogP contribution in [0.5, 0.6) is 5.75 Å². The summed E-state index contributed by atoms with van der Waals surface area (Å²) in [6.07, 6.45) is 0.246. The van der Waals surface area contributed by atoms with Crippen molar-refractivity contribution in [2.45, 2.75) is 19.4 Å². The van der Waals surface area contributed by atoms with Crippen molar-refractivity contribution in [2.75, 3.05) is 0 Å². The van der Waals surface area contributed by atoms with Gasteiger partial charge < -0.3 is 15.3 Å². The molecule has 0 aliphatic heterocycles. The zero-order valence-electron chi connectivity index (χ0n) is 9.34. The topological polar surface area (TPSA) is 102 Å². The first kappa shape index (κ1) is 13.0. The van der Waals surface area contributed by atoms with Gasteiger partial charge in [-0.2, -0.15) is 5.90 Å². The molecule has 92 valence electrons. The third-order valence-electron chi connectivity index (χ3n) is 2.15. The fourth-order valence-corrected chi connectivity index (χ4v) is 1.39. The Balaban J connectivity index is 2.75. The summed E-state index contributed by atoms with van der Waals surface area (Å²) in [5.74, 6) is 3.85. The maximum atomic E-state index is 11.3. The third kappa shape index (κ3) is 4.12. The Hall–Kier alpha value is -2.08. The van der Waals surface area contributed by atoms with Crippen LogP contribution in [0.4, 0.5) is 0 Å². The van der Waals surface area contributed by atoms with Crippen LogP contribution in [-0.2, 0) is 20.8 Å². The van der Waals surface area contributed by atoms with Crippen LogP contribution in [0.2, 0.25) is 0 Å². The quantitative estimate of drug-likeness (QED) is 0.633. The van der Waals surface area contributed by atoms with E-state index < -0.39 is 12.0 Å². The molecule has 0 aliphatic carbocycles. The molecule has 0 radical (unpaired) electrons. The van der Waals surface area contributed by atoms with E-state index in [1.165, 1.54) is 19.1 Å². The maximum Gasteiger partial charge on any atom is 0.347 e. The highest BCUT2D eigenvalue weighted by Gasteiger charge is 2.20. The molecule has 0 aliphatic rings. The molecule has 17 heavy (non-hydrogen) atoms. The van der Waals surface area contributed by atoms with E-state index in [-0.39, 0.29) is 18.1 Å². The van der Waals surface area contributed by atoms with Gasteiger partial charge in [0.25, 0.3) is 0 Å². The largest absolute Gasteiger partial charge is 0.508 e. The van der Waals surface area contributed by atoms with Crippen molar-refractivity contribution >= 4 is 11.9 Å². The maximum absolute atomic E-state index is 11.3. The minimum absolute atomic E-state index is 0.131. The monoisotopic (exact) mass is 238 g/mol. The predicted molar refractivity (Wildman–Crippen MR) is 59.7 cm³/mol. The van der Waals surface area contributed by atoms with Crippen LogP contribution in [0.3, 0.4) is 0 Å². The predicted octanol–water partition coefficient (Wildman–Crippen LogP) is -0.144. The van der Waals surface area contributed by atoms with Gasteiger partial charge >= 0.3 is 5.97 Å². The second-order valence-electron chi connectivity index (χ2n) is 3.56. The lowest BCUT2D eigenvalue weighted by atomic mass is 10.1. The normalized spacial score (nSPS) is 11.6. The average molecular weight is 238 g/mol. The highest BCUT2D eigenvalue weighted by atomic mass is 16.7. The summed E-state index contributed by atoms with van der Waals surface area (Å²) >= 11 is 0. The van der Waals surface area contributed by atoms with E-state index in [9.17, 15) is 9.59 Å². The van der Waals surface area contributed by atoms with Crippen LogP contribution in [0.1, 0.15) is 12.5 Å². The molecule has 0 saturated heterocycles. The Kier molecular flexibility index (Phi) is 4.47. The molecule has 4 N–H and O–H groups in total. The van der Waals surface area contributed by atoms with Crippen molar-refractivity contribution in [3.8, 4) is 5.75 Å². The number of rotatable bonds is 4. The van der Waals surface area contributed by atoms with Gasteiger partial charge in [-0.15, -0.1) is 0 Å². The fourth-order valence-electron chi connectivity index (χ4n) is 1.39. The third-order valence-corrected chi connectivity index (χ3v) is 2.15. The molecule has 1 atom stereocenters. The first-order valence-electron chi connectivity index (χ1n) is 4.98. The lowest BCUT2D eigenvalue weighted by Gasteiger charge is -2.14. The van der Waals surface area contributed by atoms with Gasteiger partial charge in [-0.25, -0.2) is 4.79 Å². The molecule has 1 rings (SSSR count). The number of nitrogens with two attached hydrogens (primary N) is 1. The number of phenols is 1. The minimum Gasteiger partial charge on any atom is -0.508 e. The SMILES string of the molecule is CC(=O)NC(Cc1ccc(O)cc1)C(=O)ON. The van der Waals surface area contributed by atoms with E-state index >= 15 is 0 Å². The molecule has 0 heterocycles. The van der Waals surface area contributed by atoms with Crippen LogP contribution >= 0.6 is 0 Å². The zero-order valence-corrected chi connectivity index (χ0v) is 9.34. The van der Waals surface area contributed by atoms with Crippen LogP contribution in [0, 0.1) is 0 Å². The molecule has 0 bridgehead atoms. The van der Waals surface area contributed by atoms with Gasteiger partial charge in [0.1, 0.15) is 11.8 Å². The van der Waals surface area contributed by atoms with Crippen LogP contribution in [0.15, 0.2) is 24.3 Å². The summed E-state index contributed by atoms with van der Waals surface area (Å²) in [6, 6.07) is 5.45.